The number of nitrogens with one attached hydrogen (secondary N) is 1. The Morgan fingerprint density at radius 2 is 1.88 bits per heavy atom. The van der Waals surface area contributed by atoms with Crippen LogP contribution >= 0.6 is 0 Å². The maximum absolute atomic E-state index is 12.1. The van der Waals surface area contributed by atoms with Gasteiger partial charge in [-0.15, -0.1) is 0 Å². The first-order valence-electron chi connectivity index (χ1n) is 7.96. The van der Waals surface area contributed by atoms with E-state index in [4.69, 9.17) is 4.74 Å². The number of benzene rings is 2. The number of amides is 2. The SMILES string of the molecule is Cc1ccccc1OCC(=O)N[C@H]1CC(=O)N(c2ccccc2)C1. The summed E-state index contributed by atoms with van der Waals surface area (Å²) in [4.78, 5) is 25.9. The molecule has 2 aromatic carbocycles. The molecule has 1 aliphatic heterocycles. The van der Waals surface area contributed by atoms with Crippen molar-refractivity contribution in [3.63, 3.8) is 0 Å². The van der Waals surface area contributed by atoms with E-state index < -0.39 is 0 Å². The Kier molecular flexibility index (Phi) is 4.79. The molecule has 0 aromatic heterocycles. The molecule has 124 valence electrons. The quantitative estimate of drug-likeness (QED) is 0.918. The highest BCUT2D eigenvalue weighted by atomic mass is 16.5. The van der Waals surface area contributed by atoms with Gasteiger partial charge < -0.3 is 15.0 Å². The van der Waals surface area contributed by atoms with E-state index in [9.17, 15) is 9.59 Å². The zero-order valence-corrected chi connectivity index (χ0v) is 13.6. The summed E-state index contributed by atoms with van der Waals surface area (Å²) >= 11 is 0. The molecule has 5 heteroatoms. The van der Waals surface area contributed by atoms with Gasteiger partial charge in [0.25, 0.3) is 5.91 Å². The highest BCUT2D eigenvalue weighted by Gasteiger charge is 2.31. The van der Waals surface area contributed by atoms with Crippen LogP contribution in [0.25, 0.3) is 0 Å². The third-order valence-corrected chi connectivity index (χ3v) is 4.01. The molecule has 0 spiro atoms. The Balaban J connectivity index is 1.52. The molecule has 2 aromatic rings. The van der Waals surface area contributed by atoms with Crippen LogP contribution in [-0.4, -0.2) is 31.0 Å². The van der Waals surface area contributed by atoms with Gasteiger partial charge in [0.1, 0.15) is 5.75 Å². The first-order chi connectivity index (χ1) is 11.6. The zero-order chi connectivity index (χ0) is 16.9. The first-order valence-corrected chi connectivity index (χ1v) is 7.96. The van der Waals surface area contributed by atoms with Gasteiger partial charge in [0, 0.05) is 18.7 Å². The van der Waals surface area contributed by atoms with Crippen LogP contribution in [0.4, 0.5) is 5.69 Å². The van der Waals surface area contributed by atoms with Crippen LogP contribution in [0.2, 0.25) is 0 Å². The standard InChI is InChI=1S/C19H20N2O3/c1-14-7-5-6-10-17(14)24-13-18(22)20-15-11-19(23)21(12-15)16-8-3-2-4-9-16/h2-10,15H,11-13H2,1H3,(H,20,22)/t15-/m0/s1. The van der Waals surface area contributed by atoms with Crippen molar-refractivity contribution in [3.8, 4) is 5.75 Å². The molecule has 3 rings (SSSR count). The molecule has 1 N–H and O–H groups in total. The van der Waals surface area contributed by atoms with Gasteiger partial charge in [-0.2, -0.15) is 0 Å². The summed E-state index contributed by atoms with van der Waals surface area (Å²) in [6.07, 6.45) is 0.311. The molecule has 1 atom stereocenters. The third kappa shape index (κ3) is 3.74. The molecule has 2 amide bonds. The number of anilines is 1. The van der Waals surface area contributed by atoms with Crippen LogP contribution in [0.15, 0.2) is 54.6 Å². The molecule has 0 saturated carbocycles. The molecule has 1 saturated heterocycles. The minimum atomic E-state index is -0.217. The van der Waals surface area contributed by atoms with Gasteiger partial charge in [-0.3, -0.25) is 9.59 Å². The molecule has 24 heavy (non-hydrogen) atoms. The van der Waals surface area contributed by atoms with Gasteiger partial charge >= 0.3 is 0 Å². The largest absolute Gasteiger partial charge is 0.484 e. The minimum Gasteiger partial charge on any atom is -0.484 e. The molecule has 0 aliphatic carbocycles. The highest BCUT2D eigenvalue weighted by Crippen LogP contribution is 2.21. The van der Waals surface area contributed by atoms with Gasteiger partial charge in [0.15, 0.2) is 6.61 Å². The normalized spacial score (nSPS) is 17.0. The number of ether oxygens (including phenoxy) is 1. The molecule has 0 unspecified atom stereocenters. The molecule has 1 aliphatic rings. The van der Waals surface area contributed by atoms with Crippen LogP contribution < -0.4 is 15.0 Å². The summed E-state index contributed by atoms with van der Waals surface area (Å²) in [5.74, 6) is 0.498. The molecular formula is C19H20N2O3. The second-order valence-electron chi connectivity index (χ2n) is 5.86. The average Bonchev–Trinajstić information content (AvgIpc) is 2.95. The van der Waals surface area contributed by atoms with Crippen molar-refractivity contribution < 1.29 is 14.3 Å². The summed E-state index contributed by atoms with van der Waals surface area (Å²) in [5.41, 5.74) is 1.84. The van der Waals surface area contributed by atoms with E-state index in [1.54, 1.807) is 4.90 Å². The number of hydrogen-bond donors (Lipinski definition) is 1. The molecule has 0 bridgehead atoms. The second kappa shape index (κ2) is 7.17. The molecular weight excluding hydrogens is 304 g/mol. The van der Waals surface area contributed by atoms with E-state index in [2.05, 4.69) is 5.32 Å². The zero-order valence-electron chi connectivity index (χ0n) is 13.6. The first kappa shape index (κ1) is 16.1. The topological polar surface area (TPSA) is 58.6 Å². The minimum absolute atomic E-state index is 0.0197. The summed E-state index contributed by atoms with van der Waals surface area (Å²) < 4.78 is 5.54. The predicted molar refractivity (Wildman–Crippen MR) is 92.0 cm³/mol. The summed E-state index contributed by atoms with van der Waals surface area (Å²) in [5, 5.41) is 2.87. The Morgan fingerprint density at radius 1 is 1.17 bits per heavy atom. The Bertz CT molecular complexity index is 730. The lowest BCUT2D eigenvalue weighted by Gasteiger charge is -2.17. The molecule has 5 nitrogen and oxygen atoms in total. The number of nitrogens with zero attached hydrogens (tertiary/aromatic N) is 1. The predicted octanol–water partition coefficient (Wildman–Crippen LogP) is 2.30. The molecule has 0 radical (unpaired) electrons. The van der Waals surface area contributed by atoms with Gasteiger partial charge in [0.2, 0.25) is 5.91 Å². The number of aryl methyl sites for hydroxylation is 1. The molecule has 1 fully saturated rings. The second-order valence-corrected chi connectivity index (χ2v) is 5.86. The number of para-hydroxylation sites is 2. The van der Waals surface area contributed by atoms with Gasteiger partial charge in [-0.05, 0) is 30.7 Å². The fourth-order valence-electron chi connectivity index (χ4n) is 2.79. The van der Waals surface area contributed by atoms with Crippen LogP contribution in [0.5, 0.6) is 5.75 Å². The number of carbonyl (C=O) groups is 2. The van der Waals surface area contributed by atoms with E-state index >= 15 is 0 Å². The maximum atomic E-state index is 12.1. The van der Waals surface area contributed by atoms with Crippen molar-refractivity contribution in [2.45, 2.75) is 19.4 Å². The van der Waals surface area contributed by atoms with Gasteiger partial charge in [0.05, 0.1) is 6.04 Å². The number of hydrogen-bond acceptors (Lipinski definition) is 3. The monoisotopic (exact) mass is 324 g/mol. The fraction of sp³-hybridized carbons (Fsp3) is 0.263. The molecule has 1 heterocycles. The van der Waals surface area contributed by atoms with E-state index in [0.717, 1.165) is 11.3 Å². The van der Waals surface area contributed by atoms with Crippen LogP contribution in [0.1, 0.15) is 12.0 Å². The lowest BCUT2D eigenvalue weighted by atomic mass is 10.2. The van der Waals surface area contributed by atoms with Crippen molar-refractivity contribution in [3.05, 3.63) is 60.2 Å². The Morgan fingerprint density at radius 3 is 2.62 bits per heavy atom. The third-order valence-electron chi connectivity index (χ3n) is 4.01. The fourth-order valence-corrected chi connectivity index (χ4v) is 2.79. The highest BCUT2D eigenvalue weighted by molar-refractivity contribution is 5.96. The van der Waals surface area contributed by atoms with Crippen molar-refractivity contribution >= 4 is 17.5 Å². The summed E-state index contributed by atoms with van der Waals surface area (Å²) in [7, 11) is 0. The van der Waals surface area contributed by atoms with E-state index in [1.165, 1.54) is 0 Å². The van der Waals surface area contributed by atoms with E-state index in [0.29, 0.717) is 18.7 Å². The van der Waals surface area contributed by atoms with Crippen LogP contribution in [-0.2, 0) is 9.59 Å². The average molecular weight is 324 g/mol. The number of rotatable bonds is 5. The lowest BCUT2D eigenvalue weighted by Crippen LogP contribution is -2.39. The smallest absolute Gasteiger partial charge is 0.258 e. The van der Waals surface area contributed by atoms with E-state index in [1.807, 2.05) is 61.5 Å². The maximum Gasteiger partial charge on any atom is 0.258 e. The Labute approximate surface area is 141 Å². The van der Waals surface area contributed by atoms with Crippen molar-refractivity contribution in [1.82, 2.24) is 5.32 Å². The van der Waals surface area contributed by atoms with Crippen molar-refractivity contribution in [2.75, 3.05) is 18.1 Å². The summed E-state index contributed by atoms with van der Waals surface area (Å²) in [6.45, 7) is 2.36. The van der Waals surface area contributed by atoms with Crippen molar-refractivity contribution in [1.29, 1.82) is 0 Å². The Hall–Kier alpha value is -2.82. The van der Waals surface area contributed by atoms with Gasteiger partial charge in [-0.1, -0.05) is 36.4 Å². The number of carbonyl (C=O) groups excluding carboxylic acids is 2. The lowest BCUT2D eigenvalue weighted by molar-refractivity contribution is -0.123. The van der Waals surface area contributed by atoms with Gasteiger partial charge in [-0.25, -0.2) is 0 Å². The van der Waals surface area contributed by atoms with Crippen LogP contribution in [0, 0.1) is 6.92 Å². The van der Waals surface area contributed by atoms with E-state index in [-0.39, 0.29) is 24.5 Å². The van der Waals surface area contributed by atoms with Crippen LogP contribution in [0.3, 0.4) is 0 Å². The van der Waals surface area contributed by atoms with Crippen molar-refractivity contribution in [2.24, 2.45) is 0 Å². The summed E-state index contributed by atoms with van der Waals surface area (Å²) in [6, 6.07) is 16.8.